The lowest BCUT2D eigenvalue weighted by Crippen LogP contribution is -2.22. The van der Waals surface area contributed by atoms with Crippen LogP contribution in [0, 0.1) is 0 Å². The number of hydrogen-bond acceptors (Lipinski definition) is 1. The number of benzene rings is 1. The van der Waals surface area contributed by atoms with Crippen LogP contribution in [-0.2, 0) is 10.8 Å². The van der Waals surface area contributed by atoms with E-state index in [0.717, 1.165) is 5.56 Å². The third kappa shape index (κ3) is 2.33. The molecular weight excluding hydrogens is 220 g/mol. The Hall–Kier alpha value is -0.820. The van der Waals surface area contributed by atoms with E-state index in [1.54, 1.807) is 0 Å². The van der Waals surface area contributed by atoms with Gasteiger partial charge in [0.2, 0.25) is 0 Å². The molecule has 18 heavy (non-hydrogen) atoms. The second-order valence-corrected chi connectivity index (χ2v) is 7.10. The monoisotopic (exact) mass is 246 g/mol. The zero-order chi connectivity index (χ0) is 13.6. The standard InChI is InChI=1S/C17H26O/c1-12(18)13-7-8-14-15(11-13)17(4,5)10-6-9-16(14,2)3/h7-8,11-12,18H,6,9-10H2,1-5H3. The third-order valence-corrected chi connectivity index (χ3v) is 4.59. The van der Waals surface area contributed by atoms with Crippen LogP contribution in [0.15, 0.2) is 18.2 Å². The number of rotatable bonds is 1. The molecule has 1 aliphatic rings. The molecule has 100 valence electrons. The Balaban J connectivity index is 2.62. The quantitative estimate of drug-likeness (QED) is 0.724. The molecule has 1 nitrogen and oxygen atoms in total. The first kappa shape index (κ1) is 13.6. The maximum Gasteiger partial charge on any atom is 0.0762 e. The fourth-order valence-electron chi connectivity index (χ4n) is 3.21. The fraction of sp³-hybridized carbons (Fsp3) is 0.647. The van der Waals surface area contributed by atoms with E-state index >= 15 is 0 Å². The van der Waals surface area contributed by atoms with Crippen molar-refractivity contribution >= 4 is 0 Å². The zero-order valence-corrected chi connectivity index (χ0v) is 12.4. The Kier molecular flexibility index (Phi) is 3.31. The molecule has 1 unspecified atom stereocenters. The van der Waals surface area contributed by atoms with Gasteiger partial charge in [-0.05, 0) is 47.3 Å². The Bertz CT molecular complexity index is 441. The lowest BCUT2D eigenvalue weighted by atomic mass is 9.74. The number of aliphatic hydroxyl groups is 1. The van der Waals surface area contributed by atoms with Gasteiger partial charge in [-0.3, -0.25) is 0 Å². The molecule has 1 aromatic carbocycles. The van der Waals surface area contributed by atoms with E-state index in [0.29, 0.717) is 0 Å². The molecule has 1 N–H and O–H groups in total. The van der Waals surface area contributed by atoms with Gasteiger partial charge in [-0.15, -0.1) is 0 Å². The molecule has 0 spiro atoms. The second-order valence-electron chi connectivity index (χ2n) is 7.10. The van der Waals surface area contributed by atoms with Crippen LogP contribution < -0.4 is 0 Å². The summed E-state index contributed by atoms with van der Waals surface area (Å²) in [6.45, 7) is 11.2. The van der Waals surface area contributed by atoms with E-state index < -0.39 is 0 Å². The lowest BCUT2D eigenvalue weighted by molar-refractivity contribution is 0.199. The van der Waals surface area contributed by atoms with Crippen LogP contribution in [0.25, 0.3) is 0 Å². The Labute approximate surface area is 111 Å². The molecule has 0 fully saturated rings. The first-order valence-electron chi connectivity index (χ1n) is 7.07. The van der Waals surface area contributed by atoms with Crippen LogP contribution in [0.3, 0.4) is 0 Å². The molecule has 0 aliphatic heterocycles. The van der Waals surface area contributed by atoms with Gasteiger partial charge < -0.3 is 5.11 Å². The van der Waals surface area contributed by atoms with Gasteiger partial charge in [0.25, 0.3) is 0 Å². The third-order valence-electron chi connectivity index (χ3n) is 4.59. The zero-order valence-electron chi connectivity index (χ0n) is 12.4. The second kappa shape index (κ2) is 4.38. The van der Waals surface area contributed by atoms with E-state index in [9.17, 15) is 5.11 Å². The molecule has 0 saturated heterocycles. The molecule has 1 atom stereocenters. The van der Waals surface area contributed by atoms with Crippen molar-refractivity contribution in [2.75, 3.05) is 0 Å². The largest absolute Gasteiger partial charge is 0.389 e. The molecular formula is C17H26O. The van der Waals surface area contributed by atoms with Crippen molar-refractivity contribution in [2.45, 2.75) is 70.8 Å². The van der Waals surface area contributed by atoms with Crippen LogP contribution in [0.2, 0.25) is 0 Å². The molecule has 0 amide bonds. The summed E-state index contributed by atoms with van der Waals surface area (Å²) < 4.78 is 0. The van der Waals surface area contributed by atoms with Crippen LogP contribution in [0.1, 0.15) is 76.7 Å². The van der Waals surface area contributed by atoms with Gasteiger partial charge >= 0.3 is 0 Å². The maximum atomic E-state index is 9.80. The molecule has 1 heteroatoms. The highest BCUT2D eigenvalue weighted by Gasteiger charge is 2.34. The van der Waals surface area contributed by atoms with E-state index in [1.165, 1.54) is 30.4 Å². The summed E-state index contributed by atoms with van der Waals surface area (Å²) in [4.78, 5) is 0. The maximum absolute atomic E-state index is 9.80. The number of hydrogen-bond donors (Lipinski definition) is 1. The van der Waals surface area contributed by atoms with Crippen molar-refractivity contribution < 1.29 is 5.11 Å². The van der Waals surface area contributed by atoms with Crippen molar-refractivity contribution in [3.8, 4) is 0 Å². The van der Waals surface area contributed by atoms with Crippen LogP contribution in [0.5, 0.6) is 0 Å². The van der Waals surface area contributed by atoms with E-state index in [2.05, 4.69) is 45.9 Å². The van der Waals surface area contributed by atoms with Crippen molar-refractivity contribution in [3.05, 3.63) is 34.9 Å². The molecule has 0 heterocycles. The molecule has 0 saturated carbocycles. The normalized spacial score (nSPS) is 23.0. The lowest BCUT2D eigenvalue weighted by Gasteiger charge is -2.30. The minimum atomic E-state index is -0.377. The Morgan fingerprint density at radius 2 is 1.56 bits per heavy atom. The Morgan fingerprint density at radius 3 is 2.11 bits per heavy atom. The molecule has 1 aliphatic carbocycles. The number of aliphatic hydroxyl groups excluding tert-OH is 1. The van der Waals surface area contributed by atoms with Crippen molar-refractivity contribution in [1.29, 1.82) is 0 Å². The molecule has 1 aromatic rings. The highest BCUT2D eigenvalue weighted by Crippen LogP contribution is 2.44. The van der Waals surface area contributed by atoms with Gasteiger partial charge in [-0.2, -0.15) is 0 Å². The molecule has 0 bridgehead atoms. The summed E-state index contributed by atoms with van der Waals surface area (Å²) in [5, 5.41) is 9.80. The summed E-state index contributed by atoms with van der Waals surface area (Å²) in [6.07, 6.45) is 3.38. The van der Waals surface area contributed by atoms with Crippen molar-refractivity contribution in [3.63, 3.8) is 0 Å². The highest BCUT2D eigenvalue weighted by atomic mass is 16.3. The van der Waals surface area contributed by atoms with Gasteiger partial charge in [0.15, 0.2) is 0 Å². The fourth-order valence-corrected chi connectivity index (χ4v) is 3.21. The Morgan fingerprint density at radius 1 is 1.00 bits per heavy atom. The average Bonchev–Trinajstić information content (AvgIpc) is 2.35. The summed E-state index contributed by atoms with van der Waals surface area (Å²) in [7, 11) is 0. The van der Waals surface area contributed by atoms with Crippen LogP contribution >= 0.6 is 0 Å². The average molecular weight is 246 g/mol. The SMILES string of the molecule is CC(O)c1ccc2c(c1)C(C)(C)CCCC2(C)C. The van der Waals surface area contributed by atoms with Crippen LogP contribution in [-0.4, -0.2) is 5.11 Å². The molecule has 0 radical (unpaired) electrons. The summed E-state index contributed by atoms with van der Waals surface area (Å²) in [5.41, 5.74) is 4.41. The minimum Gasteiger partial charge on any atom is -0.389 e. The van der Waals surface area contributed by atoms with Crippen molar-refractivity contribution in [2.24, 2.45) is 0 Å². The molecule has 0 aromatic heterocycles. The first-order chi connectivity index (χ1) is 8.24. The van der Waals surface area contributed by atoms with Gasteiger partial charge in [-0.25, -0.2) is 0 Å². The summed E-state index contributed by atoms with van der Waals surface area (Å²) in [5.74, 6) is 0. The van der Waals surface area contributed by atoms with Gasteiger partial charge in [-0.1, -0.05) is 52.3 Å². The van der Waals surface area contributed by atoms with Crippen molar-refractivity contribution in [1.82, 2.24) is 0 Å². The summed E-state index contributed by atoms with van der Waals surface area (Å²) in [6, 6.07) is 6.56. The summed E-state index contributed by atoms with van der Waals surface area (Å²) >= 11 is 0. The topological polar surface area (TPSA) is 20.2 Å². The minimum absolute atomic E-state index is 0.216. The predicted octanol–water partition coefficient (Wildman–Crippen LogP) is 4.48. The van der Waals surface area contributed by atoms with Gasteiger partial charge in [0.05, 0.1) is 6.10 Å². The predicted molar refractivity (Wildman–Crippen MR) is 77.0 cm³/mol. The highest BCUT2D eigenvalue weighted by molar-refractivity contribution is 5.42. The van der Waals surface area contributed by atoms with Gasteiger partial charge in [0, 0.05) is 0 Å². The van der Waals surface area contributed by atoms with E-state index in [1.807, 2.05) is 6.92 Å². The van der Waals surface area contributed by atoms with E-state index in [4.69, 9.17) is 0 Å². The molecule has 2 rings (SSSR count). The first-order valence-corrected chi connectivity index (χ1v) is 7.07. The van der Waals surface area contributed by atoms with Crippen LogP contribution in [0.4, 0.5) is 0 Å². The smallest absolute Gasteiger partial charge is 0.0762 e. The van der Waals surface area contributed by atoms with Gasteiger partial charge in [0.1, 0.15) is 0 Å². The van der Waals surface area contributed by atoms with E-state index in [-0.39, 0.29) is 16.9 Å². The number of fused-ring (bicyclic) bond motifs is 1.